The number of rotatable bonds is 2. The molecular weight excluding hydrogens is 234 g/mol. The smallest absolute Gasteiger partial charge is 0.124 e. The summed E-state index contributed by atoms with van der Waals surface area (Å²) in [6.45, 7) is 1.93. The molecule has 0 fully saturated rings. The van der Waals surface area contributed by atoms with E-state index >= 15 is 0 Å². The molecule has 86 valence electrons. The lowest BCUT2D eigenvalue weighted by Crippen LogP contribution is -2.01. The van der Waals surface area contributed by atoms with E-state index in [1.165, 1.54) is 0 Å². The Labute approximate surface area is 105 Å². The molecule has 0 aliphatic heterocycles. The topological polar surface area (TPSA) is 44.1 Å². The lowest BCUT2D eigenvalue weighted by atomic mass is 10.00. The molecule has 0 heterocycles. The molecule has 17 heavy (non-hydrogen) atoms. The van der Waals surface area contributed by atoms with Crippen molar-refractivity contribution in [1.82, 2.24) is 0 Å². The molecule has 2 aromatic carbocycles. The Bertz CT molecular complexity index is 561. The summed E-state index contributed by atoms with van der Waals surface area (Å²) in [5.41, 5.74) is 2.57. The minimum Gasteiger partial charge on any atom is -0.507 e. The number of aromatic hydroxyl groups is 1. The van der Waals surface area contributed by atoms with Gasteiger partial charge < -0.3 is 5.11 Å². The number of phenolic OH excluding ortho intramolecular Hbond substituents is 1. The fraction of sp³-hybridized carbons (Fsp3) is 0.0714. The molecule has 2 rings (SSSR count). The van der Waals surface area contributed by atoms with Crippen molar-refractivity contribution in [3.8, 4) is 5.75 Å². The zero-order chi connectivity index (χ0) is 12.4. The van der Waals surface area contributed by atoms with E-state index in [1.807, 2.05) is 13.0 Å². The van der Waals surface area contributed by atoms with Crippen LogP contribution in [0.5, 0.6) is 5.75 Å². The second-order valence-electron chi connectivity index (χ2n) is 3.90. The summed E-state index contributed by atoms with van der Waals surface area (Å²) in [6, 6.07) is 12.2. The number of aryl methyl sites for hydroxylation is 1. The molecular formula is C14H12ClNO. The quantitative estimate of drug-likeness (QED) is 0.778. The van der Waals surface area contributed by atoms with Gasteiger partial charge in [-0.1, -0.05) is 35.4 Å². The highest BCUT2D eigenvalue weighted by atomic mass is 35.5. The standard InChI is InChI=1S/C14H12ClNO/c1-9-2-7-13(17)12(8-9)14(16)10-3-5-11(15)6-4-10/h2-8,16-17H,1H3. The zero-order valence-corrected chi connectivity index (χ0v) is 10.1. The fourth-order valence-electron chi connectivity index (χ4n) is 1.62. The second kappa shape index (κ2) is 4.60. The van der Waals surface area contributed by atoms with Crippen LogP contribution in [-0.2, 0) is 0 Å². The van der Waals surface area contributed by atoms with E-state index in [4.69, 9.17) is 17.0 Å². The molecule has 0 saturated carbocycles. The normalized spacial score (nSPS) is 10.2. The van der Waals surface area contributed by atoms with E-state index in [2.05, 4.69) is 0 Å². The molecule has 0 aromatic heterocycles. The molecule has 3 heteroatoms. The predicted octanol–water partition coefficient (Wildman–Crippen LogP) is 3.77. The molecule has 0 saturated heterocycles. The van der Waals surface area contributed by atoms with Crippen LogP contribution in [0.25, 0.3) is 0 Å². The number of halogens is 1. The lowest BCUT2D eigenvalue weighted by Gasteiger charge is -2.08. The van der Waals surface area contributed by atoms with Gasteiger partial charge in [0.1, 0.15) is 5.75 Å². The Balaban J connectivity index is 2.43. The van der Waals surface area contributed by atoms with Crippen LogP contribution in [0.1, 0.15) is 16.7 Å². The van der Waals surface area contributed by atoms with E-state index in [0.717, 1.165) is 11.1 Å². The first kappa shape index (κ1) is 11.7. The van der Waals surface area contributed by atoms with Crippen molar-refractivity contribution in [3.05, 3.63) is 64.2 Å². The maximum absolute atomic E-state index is 9.75. The molecule has 0 aliphatic rings. The highest BCUT2D eigenvalue weighted by Gasteiger charge is 2.09. The van der Waals surface area contributed by atoms with E-state index in [0.29, 0.717) is 16.3 Å². The monoisotopic (exact) mass is 245 g/mol. The van der Waals surface area contributed by atoms with Gasteiger partial charge in [0.2, 0.25) is 0 Å². The lowest BCUT2D eigenvalue weighted by molar-refractivity contribution is 0.474. The van der Waals surface area contributed by atoms with Crippen molar-refractivity contribution < 1.29 is 5.11 Å². The number of nitrogens with one attached hydrogen (secondary N) is 1. The third-order valence-electron chi connectivity index (χ3n) is 2.55. The van der Waals surface area contributed by atoms with Crippen LogP contribution in [0, 0.1) is 12.3 Å². The maximum Gasteiger partial charge on any atom is 0.124 e. The number of phenols is 1. The van der Waals surface area contributed by atoms with Crippen LogP contribution in [-0.4, -0.2) is 10.8 Å². The van der Waals surface area contributed by atoms with Crippen LogP contribution in [0.15, 0.2) is 42.5 Å². The van der Waals surface area contributed by atoms with Gasteiger partial charge in [0.15, 0.2) is 0 Å². The molecule has 0 bridgehead atoms. The van der Waals surface area contributed by atoms with Crippen molar-refractivity contribution in [3.63, 3.8) is 0 Å². The van der Waals surface area contributed by atoms with Gasteiger partial charge >= 0.3 is 0 Å². The summed E-state index contributed by atoms with van der Waals surface area (Å²) in [7, 11) is 0. The highest BCUT2D eigenvalue weighted by molar-refractivity contribution is 6.30. The first-order valence-corrected chi connectivity index (χ1v) is 5.60. The van der Waals surface area contributed by atoms with E-state index < -0.39 is 0 Å². The van der Waals surface area contributed by atoms with Crippen LogP contribution < -0.4 is 0 Å². The predicted molar refractivity (Wildman–Crippen MR) is 70.2 cm³/mol. The fourth-order valence-corrected chi connectivity index (χ4v) is 1.75. The third kappa shape index (κ3) is 2.48. The summed E-state index contributed by atoms with van der Waals surface area (Å²) in [6.07, 6.45) is 0. The number of benzene rings is 2. The molecule has 0 atom stereocenters. The molecule has 2 nitrogen and oxygen atoms in total. The maximum atomic E-state index is 9.75. The average Bonchev–Trinajstić information content (AvgIpc) is 2.32. The van der Waals surface area contributed by atoms with E-state index in [9.17, 15) is 5.11 Å². The molecule has 2 N–H and O–H groups in total. The van der Waals surface area contributed by atoms with Gasteiger partial charge in [-0.3, -0.25) is 5.41 Å². The van der Waals surface area contributed by atoms with E-state index in [1.54, 1.807) is 36.4 Å². The van der Waals surface area contributed by atoms with Crippen molar-refractivity contribution in [1.29, 1.82) is 5.41 Å². The minimum absolute atomic E-state index is 0.121. The average molecular weight is 246 g/mol. The zero-order valence-electron chi connectivity index (χ0n) is 9.37. The van der Waals surface area contributed by atoms with Crippen LogP contribution in [0.2, 0.25) is 5.02 Å². The van der Waals surface area contributed by atoms with Gasteiger partial charge in [0, 0.05) is 16.1 Å². The van der Waals surface area contributed by atoms with Crippen molar-refractivity contribution in [2.24, 2.45) is 0 Å². The Kier molecular flexibility index (Phi) is 3.16. The van der Waals surface area contributed by atoms with Gasteiger partial charge in [-0.2, -0.15) is 0 Å². The molecule has 0 unspecified atom stereocenters. The largest absolute Gasteiger partial charge is 0.507 e. The Morgan fingerprint density at radius 3 is 2.41 bits per heavy atom. The molecule has 0 radical (unpaired) electrons. The van der Waals surface area contributed by atoms with Gasteiger partial charge in [-0.15, -0.1) is 0 Å². The molecule has 0 aliphatic carbocycles. The van der Waals surface area contributed by atoms with Crippen LogP contribution in [0.4, 0.5) is 0 Å². The first-order valence-electron chi connectivity index (χ1n) is 5.22. The van der Waals surface area contributed by atoms with Crippen LogP contribution in [0.3, 0.4) is 0 Å². The van der Waals surface area contributed by atoms with Crippen molar-refractivity contribution in [2.75, 3.05) is 0 Å². The third-order valence-corrected chi connectivity index (χ3v) is 2.81. The minimum atomic E-state index is 0.121. The highest BCUT2D eigenvalue weighted by Crippen LogP contribution is 2.22. The second-order valence-corrected chi connectivity index (χ2v) is 4.34. The summed E-state index contributed by atoms with van der Waals surface area (Å²) in [5.74, 6) is 0.121. The molecule has 0 spiro atoms. The van der Waals surface area contributed by atoms with Crippen LogP contribution >= 0.6 is 11.6 Å². The van der Waals surface area contributed by atoms with Gasteiger partial charge in [-0.25, -0.2) is 0 Å². The molecule has 2 aromatic rings. The first-order chi connectivity index (χ1) is 8.08. The summed E-state index contributed by atoms with van der Waals surface area (Å²) in [5, 5.41) is 18.5. The number of hydrogen-bond donors (Lipinski definition) is 2. The van der Waals surface area contributed by atoms with Crippen molar-refractivity contribution in [2.45, 2.75) is 6.92 Å². The Hall–Kier alpha value is -1.80. The molecule has 0 amide bonds. The number of hydrogen-bond acceptors (Lipinski definition) is 2. The summed E-state index contributed by atoms with van der Waals surface area (Å²) >= 11 is 5.80. The SMILES string of the molecule is Cc1ccc(O)c(C(=N)c2ccc(Cl)cc2)c1. The Morgan fingerprint density at radius 1 is 1.12 bits per heavy atom. The summed E-state index contributed by atoms with van der Waals surface area (Å²) < 4.78 is 0. The van der Waals surface area contributed by atoms with Gasteiger partial charge in [0.05, 0.1) is 5.71 Å². The Morgan fingerprint density at radius 2 is 1.76 bits per heavy atom. The van der Waals surface area contributed by atoms with Gasteiger partial charge in [-0.05, 0) is 31.2 Å². The van der Waals surface area contributed by atoms with E-state index in [-0.39, 0.29) is 5.75 Å². The van der Waals surface area contributed by atoms with Crippen molar-refractivity contribution >= 4 is 17.3 Å². The van der Waals surface area contributed by atoms with Gasteiger partial charge in [0.25, 0.3) is 0 Å². The summed E-state index contributed by atoms with van der Waals surface area (Å²) in [4.78, 5) is 0.